The van der Waals surface area contributed by atoms with Crippen molar-refractivity contribution in [2.24, 2.45) is 20.8 Å². The molecule has 0 aromatic heterocycles. The van der Waals surface area contributed by atoms with Crippen LogP contribution >= 0.6 is 15.9 Å². The molecule has 0 unspecified atom stereocenters. The molecular formula is C18H29BrN2. The fourth-order valence-electron chi connectivity index (χ4n) is 4.33. The van der Waals surface area contributed by atoms with Gasteiger partial charge < -0.3 is 0 Å². The maximum Gasteiger partial charge on any atom is 0.104 e. The number of alkyl halides is 1. The first kappa shape index (κ1) is 15.7. The lowest BCUT2D eigenvalue weighted by Gasteiger charge is -2.43. The SMILES string of the molecule is CC(C)(C)C1=N[C@@]23CCCC[C@]2(C1)N=C(C(C)(C)C)[C@@H]3Br. The van der Waals surface area contributed by atoms with Gasteiger partial charge in [-0.2, -0.15) is 0 Å². The molecule has 0 N–H and O–H groups in total. The largest absolute Gasteiger partial charge is 0.283 e. The van der Waals surface area contributed by atoms with Crippen LogP contribution in [0.25, 0.3) is 0 Å². The molecule has 3 aliphatic rings. The van der Waals surface area contributed by atoms with E-state index in [4.69, 9.17) is 9.98 Å². The van der Waals surface area contributed by atoms with Crippen molar-refractivity contribution >= 4 is 27.4 Å². The summed E-state index contributed by atoms with van der Waals surface area (Å²) >= 11 is 4.03. The number of hydrogen-bond acceptors (Lipinski definition) is 2. The zero-order valence-corrected chi connectivity index (χ0v) is 16.0. The monoisotopic (exact) mass is 352 g/mol. The highest BCUT2D eigenvalue weighted by Gasteiger charge is 2.66. The van der Waals surface area contributed by atoms with Gasteiger partial charge in [0, 0.05) is 23.3 Å². The van der Waals surface area contributed by atoms with E-state index < -0.39 is 0 Å². The van der Waals surface area contributed by atoms with Crippen molar-refractivity contribution in [2.45, 2.75) is 89.6 Å². The number of hydrogen-bond donors (Lipinski definition) is 0. The molecule has 0 amide bonds. The van der Waals surface area contributed by atoms with Gasteiger partial charge in [-0.05, 0) is 18.3 Å². The third-order valence-electron chi connectivity index (χ3n) is 5.63. The van der Waals surface area contributed by atoms with Gasteiger partial charge >= 0.3 is 0 Å². The van der Waals surface area contributed by atoms with Crippen molar-refractivity contribution in [1.29, 1.82) is 0 Å². The molecular weight excluding hydrogens is 324 g/mol. The Kier molecular flexibility index (Phi) is 3.31. The third-order valence-corrected chi connectivity index (χ3v) is 6.82. The van der Waals surface area contributed by atoms with Crippen LogP contribution in [0.4, 0.5) is 0 Å². The molecule has 0 radical (unpaired) electrons. The second-order valence-electron chi connectivity index (χ2n) is 9.26. The van der Waals surface area contributed by atoms with Gasteiger partial charge in [-0.3, -0.25) is 9.98 Å². The molecule has 0 aromatic rings. The second-order valence-corrected chi connectivity index (χ2v) is 10.2. The lowest BCUT2D eigenvalue weighted by Crippen LogP contribution is -2.53. The smallest absolute Gasteiger partial charge is 0.104 e. The number of aliphatic imine (C=N–C) groups is 2. The molecule has 0 saturated heterocycles. The van der Waals surface area contributed by atoms with E-state index in [1.165, 1.54) is 37.1 Å². The van der Waals surface area contributed by atoms with Crippen LogP contribution in [0.2, 0.25) is 0 Å². The van der Waals surface area contributed by atoms with Gasteiger partial charge in [-0.25, -0.2) is 0 Å². The predicted octanol–water partition coefficient (Wildman–Crippen LogP) is 5.19. The zero-order chi connectivity index (χ0) is 15.7. The van der Waals surface area contributed by atoms with Gasteiger partial charge in [-0.1, -0.05) is 70.3 Å². The minimum Gasteiger partial charge on any atom is -0.283 e. The summed E-state index contributed by atoms with van der Waals surface area (Å²) in [6.45, 7) is 13.7. The van der Waals surface area contributed by atoms with Gasteiger partial charge in [-0.15, -0.1) is 0 Å². The molecule has 0 bridgehead atoms. The summed E-state index contributed by atoms with van der Waals surface area (Å²) in [5, 5.41) is 0. The maximum absolute atomic E-state index is 5.37. The van der Waals surface area contributed by atoms with Gasteiger partial charge in [0.25, 0.3) is 0 Å². The highest BCUT2D eigenvalue weighted by atomic mass is 79.9. The average molecular weight is 353 g/mol. The van der Waals surface area contributed by atoms with Crippen molar-refractivity contribution in [1.82, 2.24) is 0 Å². The Labute approximate surface area is 138 Å². The van der Waals surface area contributed by atoms with Crippen LogP contribution in [0, 0.1) is 10.8 Å². The minimum absolute atomic E-state index is 0.00350. The molecule has 118 valence electrons. The first-order chi connectivity index (χ1) is 9.52. The molecule has 2 nitrogen and oxygen atoms in total. The van der Waals surface area contributed by atoms with E-state index in [9.17, 15) is 0 Å². The van der Waals surface area contributed by atoms with Crippen LogP contribution in [0.3, 0.4) is 0 Å². The van der Waals surface area contributed by atoms with Crippen molar-refractivity contribution < 1.29 is 0 Å². The highest BCUT2D eigenvalue weighted by molar-refractivity contribution is 9.10. The summed E-state index contributed by atoms with van der Waals surface area (Å²) in [6.07, 6.45) is 6.05. The summed E-state index contributed by atoms with van der Waals surface area (Å²) in [5.74, 6) is 0. The van der Waals surface area contributed by atoms with E-state index in [1.807, 2.05) is 0 Å². The molecule has 21 heavy (non-hydrogen) atoms. The summed E-state index contributed by atoms with van der Waals surface area (Å²) in [4.78, 5) is 11.0. The number of nitrogens with zero attached hydrogens (tertiary/aromatic N) is 2. The van der Waals surface area contributed by atoms with Gasteiger partial charge in [0.05, 0.1) is 10.4 Å². The first-order valence-corrected chi connectivity index (χ1v) is 9.27. The standard InChI is InChI=1S/C18H29BrN2/c1-15(2,3)12-11-17-9-7-8-10-18(17,20-12)13(19)14(21-17)16(4,5)6/h13H,7-11H2,1-6H3/t13-,17+,18+/m0/s1. The summed E-state index contributed by atoms with van der Waals surface area (Å²) in [7, 11) is 0. The van der Waals surface area contributed by atoms with E-state index in [0.29, 0.717) is 4.83 Å². The van der Waals surface area contributed by atoms with Crippen LogP contribution < -0.4 is 0 Å². The molecule has 3 rings (SSSR count). The Hall–Kier alpha value is -0.180. The lowest BCUT2D eigenvalue weighted by atomic mass is 9.66. The van der Waals surface area contributed by atoms with Crippen LogP contribution in [0.5, 0.6) is 0 Å². The minimum atomic E-state index is -0.00350. The zero-order valence-electron chi connectivity index (χ0n) is 14.4. The predicted molar refractivity (Wildman–Crippen MR) is 95.0 cm³/mol. The molecule has 2 aliphatic heterocycles. The normalized spacial score (nSPS) is 39.7. The van der Waals surface area contributed by atoms with Crippen molar-refractivity contribution in [3.8, 4) is 0 Å². The second kappa shape index (κ2) is 4.43. The molecule has 2 heterocycles. The maximum atomic E-state index is 5.37. The van der Waals surface area contributed by atoms with E-state index in [2.05, 4.69) is 57.5 Å². The number of halogens is 1. The van der Waals surface area contributed by atoms with Crippen LogP contribution in [0.1, 0.15) is 73.6 Å². The highest BCUT2D eigenvalue weighted by Crippen LogP contribution is 2.59. The molecule has 3 heteroatoms. The molecule has 3 atom stereocenters. The Morgan fingerprint density at radius 1 is 0.952 bits per heavy atom. The summed E-state index contributed by atoms with van der Waals surface area (Å²) < 4.78 is 0. The summed E-state index contributed by atoms with van der Waals surface area (Å²) in [6, 6.07) is 0. The molecule has 1 fully saturated rings. The average Bonchev–Trinajstić information content (AvgIpc) is 2.80. The van der Waals surface area contributed by atoms with Crippen LogP contribution in [0.15, 0.2) is 9.98 Å². The number of rotatable bonds is 0. The Morgan fingerprint density at radius 3 is 2.10 bits per heavy atom. The molecule has 0 aromatic carbocycles. The van der Waals surface area contributed by atoms with Crippen molar-refractivity contribution in [3.63, 3.8) is 0 Å². The van der Waals surface area contributed by atoms with Gasteiger partial charge in [0.2, 0.25) is 0 Å². The van der Waals surface area contributed by atoms with Crippen molar-refractivity contribution in [3.05, 3.63) is 0 Å². The fourth-order valence-corrected chi connectivity index (χ4v) is 5.87. The van der Waals surface area contributed by atoms with Crippen LogP contribution in [-0.2, 0) is 0 Å². The van der Waals surface area contributed by atoms with E-state index in [-0.39, 0.29) is 21.9 Å². The summed E-state index contributed by atoms with van der Waals surface area (Å²) in [5.41, 5.74) is 3.05. The van der Waals surface area contributed by atoms with E-state index in [0.717, 1.165) is 6.42 Å². The Bertz CT molecular complexity index is 520. The van der Waals surface area contributed by atoms with Crippen LogP contribution in [-0.4, -0.2) is 27.3 Å². The molecule has 0 spiro atoms. The quantitative estimate of drug-likeness (QED) is 0.535. The molecule has 1 aliphatic carbocycles. The van der Waals surface area contributed by atoms with Crippen molar-refractivity contribution in [2.75, 3.05) is 0 Å². The Morgan fingerprint density at radius 2 is 1.57 bits per heavy atom. The topological polar surface area (TPSA) is 24.7 Å². The fraction of sp³-hybridized carbons (Fsp3) is 0.889. The third kappa shape index (κ3) is 2.09. The van der Waals surface area contributed by atoms with Gasteiger partial charge in [0.15, 0.2) is 0 Å². The van der Waals surface area contributed by atoms with E-state index in [1.54, 1.807) is 0 Å². The van der Waals surface area contributed by atoms with Gasteiger partial charge in [0.1, 0.15) is 5.54 Å². The van der Waals surface area contributed by atoms with E-state index >= 15 is 0 Å². The lowest BCUT2D eigenvalue weighted by molar-refractivity contribution is 0.203. The molecule has 1 saturated carbocycles. The Balaban J connectivity index is 2.11. The first-order valence-electron chi connectivity index (χ1n) is 8.35.